The topological polar surface area (TPSA) is 89.2 Å². The average molecular weight is 366 g/mol. The standard InChI is InChI=1S/C20H22N4O3/c1-13-7-4-5-8-16(13)22-20(26)19(25)21-12-17(18-9-6-10-27-18)24-15(3)11-14(2)23-24/h4-11,17H,12H2,1-3H3,(H,21,25)(H,22,26). The Kier molecular flexibility index (Phi) is 5.40. The summed E-state index contributed by atoms with van der Waals surface area (Å²) < 4.78 is 7.29. The molecule has 0 fully saturated rings. The minimum atomic E-state index is -0.712. The highest BCUT2D eigenvalue weighted by Gasteiger charge is 2.22. The number of carbonyl (C=O) groups is 2. The molecular formula is C20H22N4O3. The van der Waals surface area contributed by atoms with E-state index in [1.54, 1.807) is 29.1 Å². The molecule has 1 unspecified atom stereocenters. The number of benzene rings is 1. The molecule has 0 radical (unpaired) electrons. The molecule has 3 rings (SSSR count). The summed E-state index contributed by atoms with van der Waals surface area (Å²) in [6.45, 7) is 5.87. The second kappa shape index (κ2) is 7.90. The number of aromatic nitrogens is 2. The summed E-state index contributed by atoms with van der Waals surface area (Å²) in [4.78, 5) is 24.5. The molecule has 2 amide bonds. The summed E-state index contributed by atoms with van der Waals surface area (Å²) in [6, 6.07) is 12.5. The van der Waals surface area contributed by atoms with Crippen LogP contribution in [-0.2, 0) is 9.59 Å². The first kappa shape index (κ1) is 18.4. The maximum Gasteiger partial charge on any atom is 0.313 e. The second-order valence-electron chi connectivity index (χ2n) is 6.38. The summed E-state index contributed by atoms with van der Waals surface area (Å²) in [7, 11) is 0. The molecule has 7 nitrogen and oxygen atoms in total. The van der Waals surface area contributed by atoms with Crippen LogP contribution in [0.2, 0.25) is 0 Å². The van der Waals surface area contributed by atoms with Crippen molar-refractivity contribution in [2.45, 2.75) is 26.8 Å². The van der Waals surface area contributed by atoms with Crippen molar-refractivity contribution in [3.63, 3.8) is 0 Å². The minimum Gasteiger partial charge on any atom is -0.467 e. The number of carbonyl (C=O) groups excluding carboxylic acids is 2. The van der Waals surface area contributed by atoms with Crippen molar-refractivity contribution >= 4 is 17.5 Å². The zero-order chi connectivity index (χ0) is 19.4. The number of nitrogens with one attached hydrogen (secondary N) is 2. The van der Waals surface area contributed by atoms with Gasteiger partial charge in [-0.2, -0.15) is 5.10 Å². The monoisotopic (exact) mass is 366 g/mol. The molecule has 0 saturated carbocycles. The molecule has 7 heteroatoms. The van der Waals surface area contributed by atoms with Crippen molar-refractivity contribution in [1.82, 2.24) is 15.1 Å². The lowest BCUT2D eigenvalue weighted by Gasteiger charge is -2.18. The van der Waals surface area contributed by atoms with Crippen molar-refractivity contribution in [1.29, 1.82) is 0 Å². The molecule has 1 atom stereocenters. The Morgan fingerprint density at radius 2 is 1.89 bits per heavy atom. The first-order valence-corrected chi connectivity index (χ1v) is 8.66. The summed E-state index contributed by atoms with van der Waals surface area (Å²) >= 11 is 0. The van der Waals surface area contributed by atoms with Gasteiger partial charge in [-0.1, -0.05) is 18.2 Å². The third-order valence-electron chi connectivity index (χ3n) is 4.27. The quantitative estimate of drug-likeness (QED) is 0.680. The normalized spacial score (nSPS) is 11.8. The van der Waals surface area contributed by atoms with E-state index < -0.39 is 11.8 Å². The highest BCUT2D eigenvalue weighted by molar-refractivity contribution is 6.39. The van der Waals surface area contributed by atoms with Crippen LogP contribution in [-0.4, -0.2) is 28.1 Å². The van der Waals surface area contributed by atoms with Crippen LogP contribution >= 0.6 is 0 Å². The van der Waals surface area contributed by atoms with Crippen molar-refractivity contribution in [2.24, 2.45) is 0 Å². The van der Waals surface area contributed by atoms with Gasteiger partial charge in [-0.15, -0.1) is 0 Å². The summed E-state index contributed by atoms with van der Waals surface area (Å²) in [5.41, 5.74) is 3.30. The van der Waals surface area contributed by atoms with Crippen molar-refractivity contribution in [3.05, 3.63) is 71.4 Å². The van der Waals surface area contributed by atoms with Crippen LogP contribution in [0.15, 0.2) is 53.1 Å². The van der Waals surface area contributed by atoms with Gasteiger partial charge in [-0.3, -0.25) is 14.3 Å². The molecule has 0 bridgehead atoms. The van der Waals surface area contributed by atoms with Crippen molar-refractivity contribution in [3.8, 4) is 0 Å². The van der Waals surface area contributed by atoms with Gasteiger partial charge in [0.2, 0.25) is 0 Å². The summed E-state index contributed by atoms with van der Waals surface area (Å²) in [5.74, 6) is -0.770. The lowest BCUT2D eigenvalue weighted by atomic mass is 10.2. The van der Waals surface area contributed by atoms with E-state index in [2.05, 4.69) is 15.7 Å². The third kappa shape index (κ3) is 4.25. The first-order valence-electron chi connectivity index (χ1n) is 8.66. The highest BCUT2D eigenvalue weighted by Crippen LogP contribution is 2.20. The zero-order valence-corrected chi connectivity index (χ0v) is 15.5. The smallest absolute Gasteiger partial charge is 0.313 e. The van der Waals surface area contributed by atoms with Gasteiger partial charge in [0.1, 0.15) is 11.8 Å². The van der Waals surface area contributed by atoms with E-state index in [9.17, 15) is 9.59 Å². The zero-order valence-electron chi connectivity index (χ0n) is 15.5. The number of anilines is 1. The number of rotatable bonds is 5. The van der Waals surface area contributed by atoms with Crippen LogP contribution in [0.1, 0.15) is 28.8 Å². The Labute approximate surface area is 157 Å². The molecule has 27 heavy (non-hydrogen) atoms. The fourth-order valence-corrected chi connectivity index (χ4v) is 2.91. The van der Waals surface area contributed by atoms with Gasteiger partial charge in [0.25, 0.3) is 0 Å². The molecule has 2 aromatic heterocycles. The third-order valence-corrected chi connectivity index (χ3v) is 4.27. The van der Waals surface area contributed by atoms with E-state index in [4.69, 9.17) is 4.42 Å². The van der Waals surface area contributed by atoms with Crippen LogP contribution in [0.5, 0.6) is 0 Å². The molecule has 140 valence electrons. The number of furan rings is 1. The van der Waals surface area contributed by atoms with Gasteiger partial charge in [-0.05, 0) is 50.6 Å². The number of hydrogen-bond donors (Lipinski definition) is 2. The molecule has 0 aliphatic heterocycles. The van der Waals surface area contributed by atoms with Gasteiger partial charge < -0.3 is 15.1 Å². The Morgan fingerprint density at radius 3 is 2.52 bits per heavy atom. The van der Waals surface area contributed by atoms with Crippen LogP contribution in [0.25, 0.3) is 0 Å². The van der Waals surface area contributed by atoms with Gasteiger partial charge in [0.05, 0.1) is 12.0 Å². The molecule has 2 heterocycles. The van der Waals surface area contributed by atoms with E-state index in [0.717, 1.165) is 17.0 Å². The number of hydrogen-bond acceptors (Lipinski definition) is 4. The fraction of sp³-hybridized carbons (Fsp3) is 0.250. The van der Waals surface area contributed by atoms with Crippen molar-refractivity contribution < 1.29 is 14.0 Å². The molecule has 0 saturated heterocycles. The van der Waals surface area contributed by atoms with Gasteiger partial charge in [-0.25, -0.2) is 0 Å². The van der Waals surface area contributed by atoms with Crippen LogP contribution in [0.3, 0.4) is 0 Å². The molecule has 3 aromatic rings. The van der Waals surface area contributed by atoms with E-state index in [0.29, 0.717) is 11.4 Å². The van der Waals surface area contributed by atoms with Gasteiger partial charge in [0, 0.05) is 17.9 Å². The molecule has 1 aromatic carbocycles. The first-order chi connectivity index (χ1) is 13.0. The van der Waals surface area contributed by atoms with Crippen LogP contribution < -0.4 is 10.6 Å². The van der Waals surface area contributed by atoms with E-state index >= 15 is 0 Å². The van der Waals surface area contributed by atoms with Crippen LogP contribution in [0.4, 0.5) is 5.69 Å². The van der Waals surface area contributed by atoms with E-state index in [1.165, 1.54) is 0 Å². The number of aryl methyl sites for hydroxylation is 3. The Balaban J connectivity index is 1.70. The van der Waals surface area contributed by atoms with E-state index in [1.807, 2.05) is 45.0 Å². The van der Waals surface area contributed by atoms with Gasteiger partial charge in [0.15, 0.2) is 0 Å². The summed E-state index contributed by atoms with van der Waals surface area (Å²) in [5, 5.41) is 9.77. The predicted octanol–water partition coefficient (Wildman–Crippen LogP) is 2.75. The highest BCUT2D eigenvalue weighted by atomic mass is 16.3. The summed E-state index contributed by atoms with van der Waals surface area (Å²) in [6.07, 6.45) is 1.57. The lowest BCUT2D eigenvalue weighted by Crippen LogP contribution is -2.39. The lowest BCUT2D eigenvalue weighted by molar-refractivity contribution is -0.136. The predicted molar refractivity (Wildman–Crippen MR) is 101 cm³/mol. The number of nitrogens with zero attached hydrogens (tertiary/aromatic N) is 2. The number of para-hydroxylation sites is 1. The molecular weight excluding hydrogens is 344 g/mol. The molecule has 0 spiro atoms. The van der Waals surface area contributed by atoms with Gasteiger partial charge >= 0.3 is 11.8 Å². The van der Waals surface area contributed by atoms with E-state index in [-0.39, 0.29) is 12.6 Å². The average Bonchev–Trinajstić information content (AvgIpc) is 3.27. The fourth-order valence-electron chi connectivity index (χ4n) is 2.91. The SMILES string of the molecule is Cc1cc(C)n(C(CNC(=O)C(=O)Nc2ccccc2C)c2ccco2)n1. The Morgan fingerprint density at radius 1 is 1.11 bits per heavy atom. The van der Waals surface area contributed by atoms with Crippen LogP contribution in [0, 0.1) is 20.8 Å². The van der Waals surface area contributed by atoms with Crippen molar-refractivity contribution in [2.75, 3.05) is 11.9 Å². The Bertz CT molecular complexity index is 944. The molecule has 0 aliphatic carbocycles. The minimum absolute atomic E-state index is 0.176. The Hall–Kier alpha value is -3.35. The maximum absolute atomic E-state index is 12.3. The largest absolute Gasteiger partial charge is 0.467 e. The molecule has 2 N–H and O–H groups in total. The molecule has 0 aliphatic rings. The second-order valence-corrected chi connectivity index (χ2v) is 6.38. The number of amides is 2. The maximum atomic E-state index is 12.3.